The number of nitrogens with zero attached hydrogens (tertiary/aromatic N) is 1. The molecular formula is C19H29ClN2O2. The Labute approximate surface area is 151 Å². The molecule has 24 heavy (non-hydrogen) atoms. The molecule has 1 saturated carbocycles. The van der Waals surface area contributed by atoms with Crippen molar-refractivity contribution in [2.75, 3.05) is 13.2 Å². The predicted molar refractivity (Wildman–Crippen MR) is 98.1 cm³/mol. The second-order valence-electron chi connectivity index (χ2n) is 7.59. The Kier molecular flexibility index (Phi) is 6.29. The van der Waals surface area contributed by atoms with Gasteiger partial charge in [0.15, 0.2) is 0 Å². The average Bonchev–Trinajstić information content (AvgIpc) is 2.93. The molecular weight excluding hydrogens is 324 g/mol. The Morgan fingerprint density at radius 2 is 2.00 bits per heavy atom. The van der Waals surface area contributed by atoms with E-state index in [0.29, 0.717) is 25.5 Å². The summed E-state index contributed by atoms with van der Waals surface area (Å²) in [5.74, 6) is 0.568. The van der Waals surface area contributed by atoms with Crippen LogP contribution in [0.3, 0.4) is 0 Å². The molecule has 134 valence electrons. The van der Waals surface area contributed by atoms with E-state index < -0.39 is 0 Å². The first kappa shape index (κ1) is 19.2. The van der Waals surface area contributed by atoms with Gasteiger partial charge in [-0.15, -0.1) is 12.4 Å². The van der Waals surface area contributed by atoms with E-state index >= 15 is 0 Å². The minimum atomic E-state index is -0.259. The van der Waals surface area contributed by atoms with Crippen LogP contribution in [-0.2, 0) is 9.53 Å². The number of halogens is 1. The summed E-state index contributed by atoms with van der Waals surface area (Å²) >= 11 is 0. The highest BCUT2D eigenvalue weighted by Crippen LogP contribution is 2.33. The first-order valence-corrected chi connectivity index (χ1v) is 8.70. The third kappa shape index (κ3) is 4.11. The highest BCUT2D eigenvalue weighted by Gasteiger charge is 2.39. The molecule has 2 fully saturated rings. The number of hydrogen-bond donors (Lipinski definition) is 1. The third-order valence-corrected chi connectivity index (χ3v) is 5.34. The van der Waals surface area contributed by atoms with Gasteiger partial charge in [0.2, 0.25) is 5.91 Å². The molecule has 1 amide bonds. The lowest BCUT2D eigenvalue weighted by Gasteiger charge is -2.46. The van der Waals surface area contributed by atoms with Gasteiger partial charge in [0.05, 0.1) is 18.7 Å². The van der Waals surface area contributed by atoms with Crippen LogP contribution in [-0.4, -0.2) is 35.5 Å². The summed E-state index contributed by atoms with van der Waals surface area (Å²) in [6.07, 6.45) is 3.83. The molecule has 2 aliphatic rings. The summed E-state index contributed by atoms with van der Waals surface area (Å²) in [4.78, 5) is 14.9. The van der Waals surface area contributed by atoms with Crippen molar-refractivity contribution in [1.29, 1.82) is 0 Å². The first-order valence-electron chi connectivity index (χ1n) is 8.70. The van der Waals surface area contributed by atoms with Gasteiger partial charge in [-0.2, -0.15) is 0 Å². The van der Waals surface area contributed by atoms with Crippen LogP contribution in [0.4, 0.5) is 0 Å². The Morgan fingerprint density at radius 3 is 2.62 bits per heavy atom. The molecule has 4 nitrogen and oxygen atoms in total. The number of carbonyl (C=O) groups excluding carboxylic acids is 1. The first-order chi connectivity index (χ1) is 11.0. The molecule has 1 aliphatic carbocycles. The van der Waals surface area contributed by atoms with Gasteiger partial charge in [0.1, 0.15) is 6.10 Å². The van der Waals surface area contributed by atoms with E-state index in [1.54, 1.807) is 0 Å². The monoisotopic (exact) mass is 352 g/mol. The zero-order chi connectivity index (χ0) is 16.4. The fourth-order valence-corrected chi connectivity index (χ4v) is 3.81. The molecule has 1 aliphatic heterocycles. The minimum Gasteiger partial charge on any atom is -0.369 e. The van der Waals surface area contributed by atoms with Gasteiger partial charge in [-0.1, -0.05) is 36.8 Å². The van der Waals surface area contributed by atoms with E-state index in [1.165, 1.54) is 0 Å². The van der Waals surface area contributed by atoms with E-state index in [0.717, 1.165) is 24.8 Å². The fourth-order valence-electron chi connectivity index (χ4n) is 3.81. The SMILES string of the molecule is CC1(C)COC(c2ccccc2)CN1C(=O)C[C@@H]1CCC[C@H]1N.Cl. The van der Waals surface area contributed by atoms with Crippen molar-refractivity contribution < 1.29 is 9.53 Å². The van der Waals surface area contributed by atoms with Gasteiger partial charge < -0.3 is 15.4 Å². The molecule has 1 unspecified atom stereocenters. The van der Waals surface area contributed by atoms with Crippen molar-refractivity contribution in [3.8, 4) is 0 Å². The zero-order valence-corrected chi connectivity index (χ0v) is 15.4. The van der Waals surface area contributed by atoms with E-state index in [1.807, 2.05) is 23.1 Å². The van der Waals surface area contributed by atoms with Gasteiger partial charge in [0, 0.05) is 12.5 Å². The fraction of sp³-hybridized carbons (Fsp3) is 0.632. The average molecular weight is 353 g/mol. The largest absolute Gasteiger partial charge is 0.369 e. The van der Waals surface area contributed by atoms with Crippen LogP contribution in [0.1, 0.15) is 51.2 Å². The smallest absolute Gasteiger partial charge is 0.223 e. The molecule has 5 heteroatoms. The zero-order valence-electron chi connectivity index (χ0n) is 14.6. The maximum Gasteiger partial charge on any atom is 0.223 e. The number of nitrogens with two attached hydrogens (primary N) is 1. The van der Waals surface area contributed by atoms with E-state index in [2.05, 4.69) is 26.0 Å². The number of hydrogen-bond acceptors (Lipinski definition) is 3. The summed E-state index contributed by atoms with van der Waals surface area (Å²) in [6, 6.07) is 10.4. The number of benzene rings is 1. The van der Waals surface area contributed by atoms with Crippen molar-refractivity contribution in [3.63, 3.8) is 0 Å². The molecule has 1 aromatic rings. The minimum absolute atomic E-state index is 0. The van der Waals surface area contributed by atoms with E-state index in [-0.39, 0.29) is 36.0 Å². The van der Waals surface area contributed by atoms with Crippen LogP contribution in [0.5, 0.6) is 0 Å². The maximum atomic E-state index is 12.9. The molecule has 0 spiro atoms. The van der Waals surface area contributed by atoms with Crippen LogP contribution in [0, 0.1) is 5.92 Å². The van der Waals surface area contributed by atoms with Crippen LogP contribution >= 0.6 is 12.4 Å². The number of morpholine rings is 1. The summed E-state index contributed by atoms with van der Waals surface area (Å²) < 4.78 is 6.03. The highest BCUT2D eigenvalue weighted by atomic mass is 35.5. The quantitative estimate of drug-likeness (QED) is 0.908. The standard InChI is InChI=1S/C19H28N2O2.ClH/c1-19(2)13-23-17(14-7-4-3-5-8-14)12-21(19)18(22)11-15-9-6-10-16(15)20;/h3-5,7-8,15-17H,6,9-13,20H2,1-2H3;1H/t15-,16+,17?;/m0./s1. The van der Waals surface area contributed by atoms with Crippen LogP contribution in [0.25, 0.3) is 0 Å². The highest BCUT2D eigenvalue weighted by molar-refractivity contribution is 5.85. The lowest BCUT2D eigenvalue weighted by atomic mass is 9.94. The molecule has 0 aromatic heterocycles. The molecule has 0 radical (unpaired) electrons. The number of rotatable bonds is 3. The molecule has 1 saturated heterocycles. The summed E-state index contributed by atoms with van der Waals surface area (Å²) in [5.41, 5.74) is 7.03. The number of carbonyl (C=O) groups is 1. The molecule has 1 aromatic carbocycles. The maximum absolute atomic E-state index is 12.9. The normalized spacial score (nSPS) is 29.1. The van der Waals surface area contributed by atoms with E-state index in [4.69, 9.17) is 10.5 Å². The van der Waals surface area contributed by atoms with Gasteiger partial charge >= 0.3 is 0 Å². The van der Waals surface area contributed by atoms with Crippen LogP contribution < -0.4 is 5.73 Å². The summed E-state index contributed by atoms with van der Waals surface area (Å²) in [7, 11) is 0. The summed E-state index contributed by atoms with van der Waals surface area (Å²) in [6.45, 7) is 5.36. The van der Waals surface area contributed by atoms with Crippen molar-refractivity contribution in [2.24, 2.45) is 11.7 Å². The Bertz CT molecular complexity index is 550. The van der Waals surface area contributed by atoms with Crippen molar-refractivity contribution in [3.05, 3.63) is 35.9 Å². The van der Waals surface area contributed by atoms with Gasteiger partial charge in [-0.05, 0) is 38.2 Å². The summed E-state index contributed by atoms with van der Waals surface area (Å²) in [5, 5.41) is 0. The molecule has 1 heterocycles. The van der Waals surface area contributed by atoms with Gasteiger partial charge in [0.25, 0.3) is 0 Å². The number of amides is 1. The van der Waals surface area contributed by atoms with Crippen molar-refractivity contribution in [1.82, 2.24) is 4.90 Å². The third-order valence-electron chi connectivity index (χ3n) is 5.34. The molecule has 3 rings (SSSR count). The predicted octanol–water partition coefficient (Wildman–Crippen LogP) is 3.30. The molecule has 3 atom stereocenters. The Hall–Kier alpha value is -1.10. The van der Waals surface area contributed by atoms with E-state index in [9.17, 15) is 4.79 Å². The lowest BCUT2D eigenvalue weighted by Crippen LogP contribution is -2.56. The Balaban J connectivity index is 0.00000208. The van der Waals surface area contributed by atoms with Gasteiger partial charge in [-0.3, -0.25) is 4.79 Å². The van der Waals surface area contributed by atoms with Crippen LogP contribution in [0.2, 0.25) is 0 Å². The second-order valence-corrected chi connectivity index (χ2v) is 7.59. The number of ether oxygens (including phenoxy) is 1. The Morgan fingerprint density at radius 1 is 1.29 bits per heavy atom. The molecule has 0 bridgehead atoms. The molecule has 2 N–H and O–H groups in total. The van der Waals surface area contributed by atoms with Crippen LogP contribution in [0.15, 0.2) is 30.3 Å². The second kappa shape index (κ2) is 7.85. The topological polar surface area (TPSA) is 55.6 Å². The van der Waals surface area contributed by atoms with Gasteiger partial charge in [-0.25, -0.2) is 0 Å². The van der Waals surface area contributed by atoms with Crippen molar-refractivity contribution >= 4 is 18.3 Å². The van der Waals surface area contributed by atoms with Crippen molar-refractivity contribution in [2.45, 2.75) is 57.2 Å². The lowest BCUT2D eigenvalue weighted by molar-refractivity contribution is -0.156.